The monoisotopic (exact) mass is 341 g/mol. The van der Waals surface area contributed by atoms with Crippen molar-refractivity contribution in [3.63, 3.8) is 0 Å². The molecular formula is C18H19N3O4. The standard InChI is InChI=1S/C18H19N3O4/c1-13(2)20(11-14-7-4-3-5-8-14)16(22)12-21-18(23)25-17(19-21)15-9-6-10-24-15/h3-10,13H,11-12H2,1-2H3. The molecule has 130 valence electrons. The number of amides is 1. The molecule has 0 fully saturated rings. The summed E-state index contributed by atoms with van der Waals surface area (Å²) in [5.41, 5.74) is 1.02. The van der Waals surface area contributed by atoms with Crippen LogP contribution in [0.3, 0.4) is 0 Å². The second kappa shape index (κ2) is 7.21. The topological polar surface area (TPSA) is 81.5 Å². The first-order valence-corrected chi connectivity index (χ1v) is 8.00. The minimum absolute atomic E-state index is 0.0140. The molecule has 0 N–H and O–H groups in total. The molecule has 7 nitrogen and oxygen atoms in total. The van der Waals surface area contributed by atoms with Gasteiger partial charge in [0.05, 0.1) is 6.26 Å². The molecule has 1 aromatic carbocycles. The van der Waals surface area contributed by atoms with E-state index in [-0.39, 0.29) is 24.4 Å². The molecule has 0 spiro atoms. The van der Waals surface area contributed by atoms with Crippen LogP contribution in [-0.2, 0) is 17.9 Å². The number of hydrogen-bond acceptors (Lipinski definition) is 5. The van der Waals surface area contributed by atoms with Crippen molar-refractivity contribution in [3.05, 3.63) is 64.8 Å². The Morgan fingerprint density at radius 3 is 2.60 bits per heavy atom. The van der Waals surface area contributed by atoms with E-state index in [1.165, 1.54) is 6.26 Å². The van der Waals surface area contributed by atoms with Crippen LogP contribution in [0, 0.1) is 0 Å². The van der Waals surface area contributed by atoms with Gasteiger partial charge in [-0.3, -0.25) is 4.79 Å². The Morgan fingerprint density at radius 1 is 1.20 bits per heavy atom. The van der Waals surface area contributed by atoms with Crippen molar-refractivity contribution < 1.29 is 13.6 Å². The highest BCUT2D eigenvalue weighted by molar-refractivity contribution is 5.76. The minimum Gasteiger partial charge on any atom is -0.459 e. The maximum atomic E-state index is 12.7. The van der Waals surface area contributed by atoms with Gasteiger partial charge >= 0.3 is 5.76 Å². The number of carbonyl (C=O) groups is 1. The van der Waals surface area contributed by atoms with Crippen LogP contribution in [0.25, 0.3) is 11.7 Å². The van der Waals surface area contributed by atoms with E-state index < -0.39 is 5.76 Å². The van der Waals surface area contributed by atoms with Crippen LogP contribution in [0.4, 0.5) is 0 Å². The predicted molar refractivity (Wildman–Crippen MR) is 90.6 cm³/mol. The Hall–Kier alpha value is -3.09. The molecule has 0 aliphatic carbocycles. The third kappa shape index (κ3) is 3.88. The van der Waals surface area contributed by atoms with Crippen molar-refractivity contribution in [2.75, 3.05) is 0 Å². The smallest absolute Gasteiger partial charge is 0.437 e. The quantitative estimate of drug-likeness (QED) is 0.688. The molecule has 7 heteroatoms. The average molecular weight is 341 g/mol. The van der Waals surface area contributed by atoms with Crippen LogP contribution >= 0.6 is 0 Å². The van der Waals surface area contributed by atoms with Crippen LogP contribution in [-0.4, -0.2) is 26.6 Å². The van der Waals surface area contributed by atoms with Gasteiger partial charge in [0.2, 0.25) is 5.91 Å². The maximum Gasteiger partial charge on any atom is 0.437 e. The molecule has 0 bridgehead atoms. The van der Waals surface area contributed by atoms with Crippen molar-refractivity contribution >= 4 is 5.91 Å². The van der Waals surface area contributed by atoms with E-state index in [1.807, 2.05) is 44.2 Å². The predicted octanol–water partition coefficient (Wildman–Crippen LogP) is 2.53. The molecule has 0 saturated carbocycles. The van der Waals surface area contributed by atoms with Crippen LogP contribution in [0.5, 0.6) is 0 Å². The van der Waals surface area contributed by atoms with Gasteiger partial charge in [-0.2, -0.15) is 4.68 Å². The van der Waals surface area contributed by atoms with E-state index in [0.29, 0.717) is 12.3 Å². The van der Waals surface area contributed by atoms with Gasteiger partial charge in [0.15, 0.2) is 5.76 Å². The summed E-state index contributed by atoms with van der Waals surface area (Å²) in [6.07, 6.45) is 1.46. The first kappa shape index (κ1) is 16.8. The molecule has 0 unspecified atom stereocenters. The SMILES string of the molecule is CC(C)N(Cc1ccccc1)C(=O)Cn1nc(-c2ccco2)oc1=O. The fourth-order valence-electron chi connectivity index (χ4n) is 2.46. The van der Waals surface area contributed by atoms with Crippen molar-refractivity contribution in [2.24, 2.45) is 0 Å². The number of aromatic nitrogens is 2. The largest absolute Gasteiger partial charge is 0.459 e. The summed E-state index contributed by atoms with van der Waals surface area (Å²) in [7, 11) is 0. The number of benzene rings is 1. The van der Waals surface area contributed by atoms with Gasteiger partial charge in [-0.1, -0.05) is 30.3 Å². The number of rotatable bonds is 6. The zero-order chi connectivity index (χ0) is 17.8. The minimum atomic E-state index is -0.692. The maximum absolute atomic E-state index is 12.7. The first-order chi connectivity index (χ1) is 12.0. The number of hydrogen-bond donors (Lipinski definition) is 0. The Balaban J connectivity index is 1.76. The lowest BCUT2D eigenvalue weighted by Gasteiger charge is -2.26. The molecule has 3 aromatic rings. The highest BCUT2D eigenvalue weighted by atomic mass is 16.4. The van der Waals surface area contributed by atoms with E-state index >= 15 is 0 Å². The molecule has 0 aliphatic rings. The molecule has 25 heavy (non-hydrogen) atoms. The summed E-state index contributed by atoms with van der Waals surface area (Å²) in [5, 5.41) is 4.04. The van der Waals surface area contributed by atoms with Crippen LogP contribution in [0.2, 0.25) is 0 Å². The Morgan fingerprint density at radius 2 is 1.96 bits per heavy atom. The van der Waals surface area contributed by atoms with Crippen LogP contribution < -0.4 is 5.76 Å². The van der Waals surface area contributed by atoms with E-state index in [0.717, 1.165) is 10.2 Å². The van der Waals surface area contributed by atoms with Gasteiger partial charge in [0.1, 0.15) is 6.54 Å². The molecule has 2 heterocycles. The Kier molecular flexibility index (Phi) is 4.83. The van der Waals surface area contributed by atoms with E-state index in [9.17, 15) is 9.59 Å². The summed E-state index contributed by atoms with van der Waals surface area (Å²) in [6, 6.07) is 13.0. The van der Waals surface area contributed by atoms with E-state index in [1.54, 1.807) is 17.0 Å². The lowest BCUT2D eigenvalue weighted by molar-refractivity contribution is -0.134. The number of nitrogens with zero attached hydrogens (tertiary/aromatic N) is 3. The van der Waals surface area contributed by atoms with Gasteiger partial charge in [-0.15, -0.1) is 5.10 Å². The summed E-state index contributed by atoms with van der Waals surface area (Å²) >= 11 is 0. The molecule has 0 saturated heterocycles. The van der Waals surface area contributed by atoms with Gasteiger partial charge in [0.25, 0.3) is 5.89 Å². The summed E-state index contributed by atoms with van der Waals surface area (Å²) in [4.78, 5) is 26.3. The molecule has 1 amide bonds. The van der Waals surface area contributed by atoms with Crippen LogP contribution in [0.15, 0.2) is 62.4 Å². The van der Waals surface area contributed by atoms with Gasteiger partial charge < -0.3 is 13.7 Å². The lowest BCUT2D eigenvalue weighted by Crippen LogP contribution is -2.40. The van der Waals surface area contributed by atoms with Crippen molar-refractivity contribution in [1.82, 2.24) is 14.7 Å². The molecule has 2 aromatic heterocycles. The molecular weight excluding hydrogens is 322 g/mol. The first-order valence-electron chi connectivity index (χ1n) is 8.00. The number of furan rings is 1. The molecule has 0 aliphatic heterocycles. The van der Waals surface area contributed by atoms with Gasteiger partial charge in [0, 0.05) is 12.6 Å². The molecule has 0 atom stereocenters. The summed E-state index contributed by atoms with van der Waals surface area (Å²) < 4.78 is 11.2. The molecule has 0 radical (unpaired) electrons. The Bertz CT molecular complexity index is 879. The average Bonchev–Trinajstić information content (AvgIpc) is 3.23. The summed E-state index contributed by atoms with van der Waals surface area (Å²) in [5.74, 6) is -0.501. The lowest BCUT2D eigenvalue weighted by atomic mass is 10.2. The second-order valence-corrected chi connectivity index (χ2v) is 5.91. The van der Waals surface area contributed by atoms with Crippen molar-refractivity contribution in [3.8, 4) is 11.7 Å². The van der Waals surface area contributed by atoms with Crippen molar-refractivity contribution in [2.45, 2.75) is 33.0 Å². The highest BCUT2D eigenvalue weighted by Crippen LogP contribution is 2.15. The third-order valence-electron chi connectivity index (χ3n) is 3.76. The second-order valence-electron chi connectivity index (χ2n) is 5.91. The Labute approximate surface area is 144 Å². The number of carbonyl (C=O) groups excluding carboxylic acids is 1. The van der Waals surface area contributed by atoms with Crippen molar-refractivity contribution in [1.29, 1.82) is 0 Å². The van der Waals surface area contributed by atoms with Gasteiger partial charge in [-0.25, -0.2) is 4.79 Å². The normalized spacial score (nSPS) is 11.0. The zero-order valence-corrected chi connectivity index (χ0v) is 14.1. The zero-order valence-electron chi connectivity index (χ0n) is 14.1. The summed E-state index contributed by atoms with van der Waals surface area (Å²) in [6.45, 7) is 4.14. The van der Waals surface area contributed by atoms with E-state index in [4.69, 9.17) is 8.83 Å². The fraction of sp³-hybridized carbons (Fsp3) is 0.278. The third-order valence-corrected chi connectivity index (χ3v) is 3.76. The molecule has 3 rings (SSSR count). The fourth-order valence-corrected chi connectivity index (χ4v) is 2.46. The van der Waals surface area contributed by atoms with Gasteiger partial charge in [-0.05, 0) is 31.5 Å². The highest BCUT2D eigenvalue weighted by Gasteiger charge is 2.21. The van der Waals surface area contributed by atoms with E-state index in [2.05, 4.69) is 5.10 Å². The van der Waals surface area contributed by atoms with Crippen LogP contribution in [0.1, 0.15) is 19.4 Å².